The van der Waals surface area contributed by atoms with Gasteiger partial charge in [0.15, 0.2) is 0 Å². The van der Waals surface area contributed by atoms with Crippen LogP contribution in [0, 0.1) is 11.3 Å². The van der Waals surface area contributed by atoms with Crippen molar-refractivity contribution in [2.75, 3.05) is 6.79 Å². The van der Waals surface area contributed by atoms with Crippen molar-refractivity contribution in [2.24, 2.45) is 11.3 Å². The molecular weight excluding hydrogens is 386 g/mol. The molecule has 1 aliphatic carbocycles. The van der Waals surface area contributed by atoms with Crippen molar-refractivity contribution < 1.29 is 28.6 Å². The number of carbonyl (C=O) groups is 3. The van der Waals surface area contributed by atoms with Crippen molar-refractivity contribution in [3.63, 3.8) is 0 Å². The van der Waals surface area contributed by atoms with Gasteiger partial charge in [-0.1, -0.05) is 43.2 Å². The van der Waals surface area contributed by atoms with Crippen LogP contribution >= 0.6 is 0 Å². The highest BCUT2D eigenvalue weighted by Gasteiger charge is 2.49. The SMILES string of the molecule is CC(C)(C)C(=O)OCOC(=O)[C@@H]1C[C@H]2CCCC[C@H]2N1C(=O)OCc1ccccc1. The topological polar surface area (TPSA) is 82.1 Å². The molecule has 1 saturated heterocycles. The molecule has 1 saturated carbocycles. The minimum absolute atomic E-state index is 0.0169. The number of nitrogens with zero attached hydrogens (tertiary/aromatic N) is 1. The highest BCUT2D eigenvalue weighted by molar-refractivity contribution is 5.82. The quantitative estimate of drug-likeness (QED) is 0.531. The maximum absolute atomic E-state index is 12.9. The first kappa shape index (κ1) is 22.1. The molecule has 2 fully saturated rings. The number of esters is 2. The lowest BCUT2D eigenvalue weighted by molar-refractivity contribution is -0.175. The molecule has 0 aromatic heterocycles. The number of hydrogen-bond donors (Lipinski definition) is 0. The predicted octanol–water partition coefficient (Wildman–Crippen LogP) is 4.05. The van der Waals surface area contributed by atoms with E-state index in [0.717, 1.165) is 31.2 Å². The molecule has 1 heterocycles. The Kier molecular flexibility index (Phi) is 7.00. The van der Waals surface area contributed by atoms with Gasteiger partial charge in [0.2, 0.25) is 6.79 Å². The standard InChI is InChI=1S/C23H31NO6/c1-23(2,3)21(26)30-15-29-20(25)19-13-17-11-7-8-12-18(17)24(19)22(27)28-14-16-9-5-4-6-10-16/h4-6,9-10,17-19H,7-8,11-15H2,1-3H3/t17-,18-,19+/m1/s1. The summed E-state index contributed by atoms with van der Waals surface area (Å²) < 4.78 is 15.8. The molecule has 7 heteroatoms. The van der Waals surface area contributed by atoms with Gasteiger partial charge in [0.1, 0.15) is 12.6 Å². The Morgan fingerprint density at radius 2 is 1.70 bits per heavy atom. The normalized spacial score (nSPS) is 23.4. The van der Waals surface area contributed by atoms with Crippen molar-refractivity contribution in [2.45, 2.75) is 71.6 Å². The summed E-state index contributed by atoms with van der Waals surface area (Å²) in [5, 5.41) is 0. The van der Waals surface area contributed by atoms with Gasteiger partial charge in [-0.3, -0.25) is 9.69 Å². The highest BCUT2D eigenvalue weighted by Crippen LogP contribution is 2.40. The zero-order valence-electron chi connectivity index (χ0n) is 18.0. The third-order valence-corrected chi connectivity index (χ3v) is 5.78. The minimum atomic E-state index is -0.713. The fourth-order valence-corrected chi connectivity index (χ4v) is 4.18. The summed E-state index contributed by atoms with van der Waals surface area (Å²) in [6, 6.07) is 8.71. The van der Waals surface area contributed by atoms with Gasteiger partial charge in [-0.2, -0.15) is 0 Å². The number of rotatable bonds is 5. The third kappa shape index (κ3) is 5.32. The maximum atomic E-state index is 12.9. The number of carbonyl (C=O) groups excluding carboxylic acids is 3. The van der Waals surface area contributed by atoms with E-state index in [-0.39, 0.29) is 18.6 Å². The lowest BCUT2D eigenvalue weighted by Gasteiger charge is -2.32. The van der Waals surface area contributed by atoms with Gasteiger partial charge < -0.3 is 14.2 Å². The zero-order chi connectivity index (χ0) is 21.7. The van der Waals surface area contributed by atoms with Crippen molar-refractivity contribution in [1.82, 2.24) is 4.90 Å². The van der Waals surface area contributed by atoms with Crippen molar-refractivity contribution in [3.05, 3.63) is 35.9 Å². The highest BCUT2D eigenvalue weighted by atomic mass is 16.7. The summed E-state index contributed by atoms with van der Waals surface area (Å²) in [5.41, 5.74) is 0.209. The molecule has 1 aliphatic heterocycles. The van der Waals surface area contributed by atoms with Crippen LogP contribution in [0.4, 0.5) is 4.79 Å². The van der Waals surface area contributed by atoms with Gasteiger partial charge in [-0.25, -0.2) is 9.59 Å². The predicted molar refractivity (Wildman–Crippen MR) is 109 cm³/mol. The number of amides is 1. The molecule has 0 radical (unpaired) electrons. The van der Waals surface area contributed by atoms with E-state index >= 15 is 0 Å². The smallest absolute Gasteiger partial charge is 0.411 e. The van der Waals surface area contributed by atoms with Crippen LogP contribution in [-0.4, -0.2) is 41.8 Å². The molecule has 0 spiro atoms. The molecule has 30 heavy (non-hydrogen) atoms. The summed E-state index contributed by atoms with van der Waals surface area (Å²) in [6.07, 6.45) is 4.01. The molecule has 1 amide bonds. The molecule has 0 unspecified atom stereocenters. The molecule has 1 aromatic carbocycles. The average molecular weight is 418 g/mol. The van der Waals surface area contributed by atoms with E-state index in [1.54, 1.807) is 25.7 Å². The third-order valence-electron chi connectivity index (χ3n) is 5.78. The number of ether oxygens (including phenoxy) is 3. The average Bonchev–Trinajstić information content (AvgIpc) is 3.11. The van der Waals surface area contributed by atoms with Gasteiger partial charge in [0.25, 0.3) is 0 Å². The molecule has 7 nitrogen and oxygen atoms in total. The van der Waals surface area contributed by atoms with Crippen molar-refractivity contribution >= 4 is 18.0 Å². The molecule has 1 aromatic rings. The molecule has 0 bridgehead atoms. The first-order valence-corrected chi connectivity index (χ1v) is 10.6. The van der Waals surface area contributed by atoms with Crippen molar-refractivity contribution in [3.8, 4) is 0 Å². The Hall–Kier alpha value is -2.57. The lowest BCUT2D eigenvalue weighted by Crippen LogP contribution is -2.47. The van der Waals surface area contributed by atoms with Crippen LogP contribution in [0.5, 0.6) is 0 Å². The monoisotopic (exact) mass is 417 g/mol. The fraction of sp³-hybridized carbons (Fsp3) is 0.609. The van der Waals surface area contributed by atoms with E-state index in [0.29, 0.717) is 6.42 Å². The van der Waals surface area contributed by atoms with Crippen LogP contribution in [0.1, 0.15) is 58.4 Å². The second kappa shape index (κ2) is 9.49. The van der Waals surface area contributed by atoms with Crippen LogP contribution in [-0.2, 0) is 30.4 Å². The Labute approximate surface area is 177 Å². The summed E-state index contributed by atoms with van der Waals surface area (Å²) in [5.74, 6) is -0.741. The van der Waals surface area contributed by atoms with Crippen LogP contribution in [0.25, 0.3) is 0 Å². The van der Waals surface area contributed by atoms with Crippen LogP contribution in [0.2, 0.25) is 0 Å². The van der Waals surface area contributed by atoms with Crippen LogP contribution in [0.15, 0.2) is 30.3 Å². The largest absolute Gasteiger partial charge is 0.445 e. The molecule has 2 aliphatic rings. The second-order valence-electron chi connectivity index (χ2n) is 9.07. The van der Waals surface area contributed by atoms with Crippen LogP contribution in [0.3, 0.4) is 0 Å². The van der Waals surface area contributed by atoms with E-state index in [2.05, 4.69) is 0 Å². The first-order valence-electron chi connectivity index (χ1n) is 10.6. The van der Waals surface area contributed by atoms with Crippen molar-refractivity contribution in [1.29, 1.82) is 0 Å². The summed E-state index contributed by atoms with van der Waals surface area (Å²) >= 11 is 0. The van der Waals surface area contributed by atoms with Gasteiger partial charge in [-0.15, -0.1) is 0 Å². The maximum Gasteiger partial charge on any atom is 0.411 e. The number of benzene rings is 1. The van der Waals surface area contributed by atoms with Gasteiger partial charge in [-0.05, 0) is 51.5 Å². The Morgan fingerprint density at radius 1 is 1.00 bits per heavy atom. The van der Waals surface area contributed by atoms with E-state index in [9.17, 15) is 14.4 Å². The Morgan fingerprint density at radius 3 is 2.40 bits per heavy atom. The molecule has 0 N–H and O–H groups in total. The van der Waals surface area contributed by atoms with E-state index in [4.69, 9.17) is 14.2 Å². The minimum Gasteiger partial charge on any atom is -0.445 e. The van der Waals surface area contributed by atoms with Gasteiger partial charge >= 0.3 is 18.0 Å². The summed E-state index contributed by atoms with van der Waals surface area (Å²) in [4.78, 5) is 39.1. The number of fused-ring (bicyclic) bond motifs is 1. The molecular formula is C23H31NO6. The summed E-state index contributed by atoms with van der Waals surface area (Å²) in [7, 11) is 0. The van der Waals surface area contributed by atoms with E-state index in [1.807, 2.05) is 30.3 Å². The molecule has 164 valence electrons. The fourth-order valence-electron chi connectivity index (χ4n) is 4.18. The van der Waals surface area contributed by atoms with Gasteiger partial charge in [0, 0.05) is 6.04 Å². The number of hydrogen-bond acceptors (Lipinski definition) is 6. The summed E-state index contributed by atoms with van der Waals surface area (Å²) in [6.45, 7) is 4.88. The Balaban J connectivity index is 1.62. The van der Waals surface area contributed by atoms with E-state index in [1.165, 1.54) is 0 Å². The lowest BCUT2D eigenvalue weighted by atomic mass is 9.85. The number of likely N-dealkylation sites (tertiary alicyclic amines) is 1. The molecule has 3 atom stereocenters. The second-order valence-corrected chi connectivity index (χ2v) is 9.07. The zero-order valence-corrected chi connectivity index (χ0v) is 18.0. The molecule has 3 rings (SSSR count). The Bertz CT molecular complexity index is 757. The van der Waals surface area contributed by atoms with E-state index < -0.39 is 36.3 Å². The van der Waals surface area contributed by atoms with Gasteiger partial charge in [0.05, 0.1) is 5.41 Å². The van der Waals surface area contributed by atoms with Crippen LogP contribution < -0.4 is 0 Å². The first-order chi connectivity index (χ1) is 14.3.